The second kappa shape index (κ2) is 13.6. The average Bonchev–Trinajstić information content (AvgIpc) is 2.87. The summed E-state index contributed by atoms with van der Waals surface area (Å²) in [5.41, 5.74) is 1.10. The van der Waals surface area contributed by atoms with Crippen molar-refractivity contribution in [3.8, 4) is 0 Å². The number of hydrogen-bond donors (Lipinski definition) is 0. The average molecular weight is 505 g/mol. The van der Waals surface area contributed by atoms with E-state index in [0.29, 0.717) is 5.92 Å². The molecule has 0 aromatic heterocycles. The van der Waals surface area contributed by atoms with Crippen molar-refractivity contribution in [3.63, 3.8) is 0 Å². The normalized spacial score (nSPS) is 30.3. The Morgan fingerprint density at radius 1 is 0.829 bits per heavy atom. The van der Waals surface area contributed by atoms with E-state index in [-0.39, 0.29) is 6.42 Å². The van der Waals surface area contributed by atoms with Crippen LogP contribution in [0, 0.1) is 23.7 Å². The zero-order valence-electron chi connectivity index (χ0n) is 21.4. The van der Waals surface area contributed by atoms with Crippen molar-refractivity contribution in [1.29, 1.82) is 0 Å². The second-order valence-corrected chi connectivity index (χ2v) is 11.3. The van der Waals surface area contributed by atoms with E-state index in [1.807, 2.05) is 6.08 Å². The van der Waals surface area contributed by atoms with Gasteiger partial charge in [-0.3, -0.25) is 0 Å². The standard InChI is InChI=1S/C29H45F5O/c1-2-3-4-5-6-7-8-22-9-11-23(12-10-22)24-13-15-25(16-14-24)26-17-19-27(20-18-26)35-29(33,34)28(31,32)21-30/h17-19,22-25,27H,2-16,20-21H2,1H3/t22-,23-,24?,25?,27?. The topological polar surface area (TPSA) is 9.23 Å². The highest BCUT2D eigenvalue weighted by molar-refractivity contribution is 5.27. The number of alkyl halides is 5. The van der Waals surface area contributed by atoms with Crippen molar-refractivity contribution in [2.45, 2.75) is 128 Å². The first-order valence-electron chi connectivity index (χ1n) is 14.1. The fourth-order valence-corrected chi connectivity index (χ4v) is 6.45. The molecule has 0 heterocycles. The third kappa shape index (κ3) is 8.30. The summed E-state index contributed by atoms with van der Waals surface area (Å²) >= 11 is 0. The minimum atomic E-state index is -4.81. The van der Waals surface area contributed by atoms with Crippen molar-refractivity contribution >= 4 is 0 Å². The lowest BCUT2D eigenvalue weighted by atomic mass is 9.67. The van der Waals surface area contributed by atoms with Crippen LogP contribution in [-0.4, -0.2) is 24.8 Å². The third-order valence-corrected chi connectivity index (χ3v) is 8.75. The molecule has 0 aliphatic heterocycles. The maximum atomic E-state index is 13.5. The van der Waals surface area contributed by atoms with Gasteiger partial charge in [-0.2, -0.15) is 17.6 Å². The summed E-state index contributed by atoms with van der Waals surface area (Å²) in [4.78, 5) is 0. The molecule has 202 valence electrons. The highest BCUT2D eigenvalue weighted by Gasteiger charge is 2.59. The molecular weight excluding hydrogens is 459 g/mol. The molecule has 0 amide bonds. The van der Waals surface area contributed by atoms with Crippen molar-refractivity contribution in [2.24, 2.45) is 23.7 Å². The van der Waals surface area contributed by atoms with Gasteiger partial charge in [0.05, 0.1) is 6.10 Å². The Labute approximate surface area is 209 Å². The second-order valence-electron chi connectivity index (χ2n) is 11.3. The monoisotopic (exact) mass is 504 g/mol. The van der Waals surface area contributed by atoms with Crippen molar-refractivity contribution in [1.82, 2.24) is 0 Å². The van der Waals surface area contributed by atoms with Gasteiger partial charge in [0, 0.05) is 0 Å². The molecule has 6 heteroatoms. The van der Waals surface area contributed by atoms with Gasteiger partial charge in [0.1, 0.15) is 0 Å². The number of halogens is 5. The van der Waals surface area contributed by atoms with Crippen LogP contribution in [-0.2, 0) is 4.74 Å². The van der Waals surface area contributed by atoms with E-state index in [0.717, 1.165) is 36.2 Å². The molecule has 0 radical (unpaired) electrons. The number of hydrogen-bond acceptors (Lipinski definition) is 1. The Bertz CT molecular complexity index is 673. The fraction of sp³-hybridized carbons (Fsp3) is 0.862. The molecule has 3 aliphatic carbocycles. The van der Waals surface area contributed by atoms with Gasteiger partial charge in [-0.15, -0.1) is 0 Å². The first kappa shape index (κ1) is 28.7. The lowest BCUT2D eigenvalue weighted by Gasteiger charge is -2.38. The summed E-state index contributed by atoms with van der Waals surface area (Å²) < 4.78 is 69.8. The molecule has 1 atom stereocenters. The van der Waals surface area contributed by atoms with Gasteiger partial charge in [-0.1, -0.05) is 82.9 Å². The number of rotatable bonds is 13. The zero-order valence-corrected chi connectivity index (χ0v) is 21.4. The first-order chi connectivity index (χ1) is 16.8. The maximum absolute atomic E-state index is 13.5. The molecule has 1 unspecified atom stereocenters. The third-order valence-electron chi connectivity index (χ3n) is 8.75. The van der Waals surface area contributed by atoms with Crippen molar-refractivity contribution in [2.75, 3.05) is 6.67 Å². The minimum absolute atomic E-state index is 0.117. The largest absolute Gasteiger partial charge is 0.422 e. The zero-order chi connectivity index (χ0) is 25.3. The van der Waals surface area contributed by atoms with Crippen LogP contribution in [0.5, 0.6) is 0 Å². The van der Waals surface area contributed by atoms with Gasteiger partial charge in [0.2, 0.25) is 0 Å². The van der Waals surface area contributed by atoms with Crippen LogP contribution >= 0.6 is 0 Å². The van der Waals surface area contributed by atoms with Gasteiger partial charge < -0.3 is 4.74 Å². The van der Waals surface area contributed by atoms with E-state index < -0.39 is 24.8 Å². The molecule has 3 rings (SSSR count). The van der Waals surface area contributed by atoms with Gasteiger partial charge in [0.25, 0.3) is 0 Å². The summed E-state index contributed by atoms with van der Waals surface area (Å²) in [6.07, 6.45) is 19.0. The maximum Gasteiger partial charge on any atom is 0.422 e. The summed E-state index contributed by atoms with van der Waals surface area (Å²) in [5, 5.41) is 0. The molecule has 2 fully saturated rings. The van der Waals surface area contributed by atoms with Gasteiger partial charge in [0.15, 0.2) is 6.67 Å². The molecule has 0 aromatic rings. The molecule has 1 nitrogen and oxygen atoms in total. The summed E-state index contributed by atoms with van der Waals surface area (Å²) in [5.74, 6) is -1.83. The fourth-order valence-electron chi connectivity index (χ4n) is 6.45. The Balaban J connectivity index is 1.33. The quantitative estimate of drug-likeness (QED) is 0.179. The van der Waals surface area contributed by atoms with Gasteiger partial charge in [-0.25, -0.2) is 4.39 Å². The van der Waals surface area contributed by atoms with E-state index in [2.05, 4.69) is 11.7 Å². The lowest BCUT2D eigenvalue weighted by Crippen LogP contribution is -2.46. The summed E-state index contributed by atoms with van der Waals surface area (Å²) in [6, 6.07) is 0. The highest BCUT2D eigenvalue weighted by Crippen LogP contribution is 2.44. The number of ether oxygens (including phenoxy) is 1. The Morgan fingerprint density at radius 3 is 2.00 bits per heavy atom. The summed E-state index contributed by atoms with van der Waals surface area (Å²) in [6.45, 7) is -0.180. The van der Waals surface area contributed by atoms with Gasteiger partial charge in [-0.05, 0) is 74.2 Å². The predicted octanol–water partition coefficient (Wildman–Crippen LogP) is 9.82. The van der Waals surface area contributed by atoms with Crippen LogP contribution in [0.2, 0.25) is 0 Å². The van der Waals surface area contributed by atoms with Crippen LogP contribution in [0.25, 0.3) is 0 Å². The minimum Gasteiger partial charge on any atom is -0.308 e. The predicted molar refractivity (Wildman–Crippen MR) is 131 cm³/mol. The molecule has 0 aromatic carbocycles. The van der Waals surface area contributed by atoms with Crippen molar-refractivity contribution < 1.29 is 26.7 Å². The van der Waals surface area contributed by atoms with E-state index in [9.17, 15) is 22.0 Å². The molecule has 35 heavy (non-hydrogen) atoms. The van der Waals surface area contributed by atoms with Crippen LogP contribution in [0.1, 0.15) is 110 Å². The SMILES string of the molecule is CCCCCCCC[C@H]1CC[C@H](C2CCC(C3=CCC(OC(F)(F)C(F)(F)CF)C=C3)CC2)CC1. The molecule has 0 N–H and O–H groups in total. The molecule has 0 spiro atoms. The molecule has 0 bridgehead atoms. The summed E-state index contributed by atoms with van der Waals surface area (Å²) in [7, 11) is 0. The molecule has 3 aliphatic rings. The lowest BCUT2D eigenvalue weighted by molar-refractivity contribution is -0.358. The Kier molecular flexibility index (Phi) is 11.1. The molecular formula is C29H45F5O. The smallest absolute Gasteiger partial charge is 0.308 e. The van der Waals surface area contributed by atoms with Crippen molar-refractivity contribution in [3.05, 3.63) is 23.8 Å². The van der Waals surface area contributed by atoms with Crippen LogP contribution in [0.15, 0.2) is 23.8 Å². The van der Waals surface area contributed by atoms with E-state index in [1.165, 1.54) is 89.5 Å². The van der Waals surface area contributed by atoms with Gasteiger partial charge >= 0.3 is 12.0 Å². The van der Waals surface area contributed by atoms with Crippen LogP contribution < -0.4 is 0 Å². The van der Waals surface area contributed by atoms with E-state index >= 15 is 0 Å². The van der Waals surface area contributed by atoms with Crippen LogP contribution in [0.4, 0.5) is 22.0 Å². The molecule has 0 saturated heterocycles. The molecule has 2 saturated carbocycles. The highest BCUT2D eigenvalue weighted by atomic mass is 19.3. The number of unbranched alkanes of at least 4 members (excludes halogenated alkanes) is 5. The Hall–Kier alpha value is -0.910. The van der Waals surface area contributed by atoms with E-state index in [1.54, 1.807) is 6.08 Å². The first-order valence-corrected chi connectivity index (χ1v) is 14.1. The van der Waals surface area contributed by atoms with E-state index in [4.69, 9.17) is 0 Å². The number of allylic oxidation sites excluding steroid dienone is 2. The Morgan fingerprint density at radius 2 is 1.43 bits per heavy atom. The van der Waals surface area contributed by atoms with Crippen LogP contribution in [0.3, 0.4) is 0 Å².